The molecule has 2 fully saturated rings. The quantitative estimate of drug-likeness (QED) is 0.476. The zero-order valence-electron chi connectivity index (χ0n) is 20.2. The number of aliphatic carboxylic acids is 1. The largest absolute Gasteiger partial charge is 0.481 e. The zero-order chi connectivity index (χ0) is 27.3. The number of nitrogens with zero attached hydrogens (tertiary/aromatic N) is 2. The van der Waals surface area contributed by atoms with E-state index >= 15 is 0 Å². The van der Waals surface area contributed by atoms with Gasteiger partial charge in [-0.2, -0.15) is 22.0 Å². The molecule has 1 aliphatic heterocycles. The Morgan fingerprint density at radius 1 is 1.17 bits per heavy atom. The van der Waals surface area contributed by atoms with Gasteiger partial charge >= 0.3 is 18.1 Å². The Balaban J connectivity index is 1.70. The van der Waals surface area contributed by atoms with E-state index in [1.165, 1.54) is 4.90 Å². The first kappa shape index (κ1) is 28.2. The van der Waals surface area contributed by atoms with E-state index < -0.39 is 58.1 Å². The van der Waals surface area contributed by atoms with Crippen LogP contribution in [0.5, 0.6) is 0 Å². The van der Waals surface area contributed by atoms with Gasteiger partial charge in [-0.1, -0.05) is 0 Å². The molecule has 1 saturated carbocycles. The summed E-state index contributed by atoms with van der Waals surface area (Å²) in [5.41, 5.74) is -3.07. The van der Waals surface area contributed by atoms with Gasteiger partial charge in [0.05, 0.1) is 5.41 Å². The molecule has 14 heteroatoms. The molecule has 1 aliphatic carbocycles. The van der Waals surface area contributed by atoms with Crippen LogP contribution in [0.15, 0.2) is 5.38 Å². The van der Waals surface area contributed by atoms with E-state index in [4.69, 9.17) is 0 Å². The van der Waals surface area contributed by atoms with Gasteiger partial charge in [-0.3, -0.25) is 14.4 Å². The maximum absolute atomic E-state index is 13.5. The van der Waals surface area contributed by atoms with Crippen molar-refractivity contribution in [1.29, 1.82) is 0 Å². The molecular formula is C22H29F5N4O4S. The van der Waals surface area contributed by atoms with E-state index in [0.29, 0.717) is 36.0 Å². The second-order valence-electron chi connectivity index (χ2n) is 10.6. The summed E-state index contributed by atoms with van der Waals surface area (Å²) in [6, 6.07) is -1.76. The van der Waals surface area contributed by atoms with Gasteiger partial charge in [0, 0.05) is 29.5 Å². The summed E-state index contributed by atoms with van der Waals surface area (Å²) < 4.78 is 64.7. The number of nitrogens with one attached hydrogen (secondary N) is 2. The minimum Gasteiger partial charge on any atom is -0.481 e. The molecule has 1 saturated heterocycles. The van der Waals surface area contributed by atoms with Gasteiger partial charge in [0.15, 0.2) is 5.01 Å². The normalized spacial score (nSPS) is 27.9. The molecule has 0 radical (unpaired) electrons. The summed E-state index contributed by atoms with van der Waals surface area (Å²) in [7, 11) is 0. The number of rotatable bonds is 6. The van der Waals surface area contributed by atoms with Gasteiger partial charge in [0.2, 0.25) is 5.91 Å². The molecule has 2 heterocycles. The minimum absolute atomic E-state index is 0.0653. The van der Waals surface area contributed by atoms with Crippen molar-refractivity contribution in [3.05, 3.63) is 16.1 Å². The first-order valence-electron chi connectivity index (χ1n) is 11.4. The molecule has 36 heavy (non-hydrogen) atoms. The number of halogens is 5. The predicted molar refractivity (Wildman–Crippen MR) is 120 cm³/mol. The number of hydrogen-bond donors (Lipinski definition) is 3. The van der Waals surface area contributed by atoms with Crippen LogP contribution in [0.4, 0.5) is 22.0 Å². The number of hydrogen-bond acceptors (Lipinski definition) is 6. The average molecular weight is 541 g/mol. The lowest BCUT2D eigenvalue weighted by atomic mass is 9.68. The van der Waals surface area contributed by atoms with Crippen molar-refractivity contribution in [3.8, 4) is 0 Å². The fraction of sp³-hybridized carbons (Fsp3) is 0.727. The van der Waals surface area contributed by atoms with E-state index in [2.05, 4.69) is 15.6 Å². The van der Waals surface area contributed by atoms with Gasteiger partial charge in [-0.15, -0.1) is 11.3 Å². The fourth-order valence-electron chi connectivity index (χ4n) is 4.93. The van der Waals surface area contributed by atoms with Gasteiger partial charge < -0.3 is 20.6 Å². The van der Waals surface area contributed by atoms with Crippen LogP contribution in [0.3, 0.4) is 0 Å². The van der Waals surface area contributed by atoms with Crippen molar-refractivity contribution in [3.63, 3.8) is 0 Å². The van der Waals surface area contributed by atoms with Crippen LogP contribution in [0.25, 0.3) is 0 Å². The molecule has 1 aromatic heterocycles. The number of alkyl halides is 5. The Hall–Kier alpha value is -2.35. The summed E-state index contributed by atoms with van der Waals surface area (Å²) in [4.78, 5) is 42.4. The van der Waals surface area contributed by atoms with Crippen molar-refractivity contribution in [2.75, 3.05) is 6.54 Å². The maximum Gasteiger partial charge on any atom is 0.459 e. The van der Waals surface area contributed by atoms with Crippen LogP contribution in [0.2, 0.25) is 0 Å². The second kappa shape index (κ2) is 9.51. The van der Waals surface area contributed by atoms with E-state index in [1.807, 2.05) is 20.8 Å². The third-order valence-electron chi connectivity index (χ3n) is 6.62. The summed E-state index contributed by atoms with van der Waals surface area (Å²) in [6.07, 6.45) is -4.38. The minimum atomic E-state index is -5.87. The SMILES string of the molecule is CC(C)(C)N[C@@H]1CC[C@H](N2CC[C@H](NC(=O)c3nc(C(F)(F)C(F)(F)F)cs3)C2=O)[C@](C)(C(=O)O)C1. The van der Waals surface area contributed by atoms with Crippen LogP contribution in [0.1, 0.15) is 68.9 Å². The molecule has 2 aliphatic rings. The molecule has 3 rings (SSSR count). The smallest absolute Gasteiger partial charge is 0.459 e. The number of aromatic nitrogens is 1. The molecular weight excluding hydrogens is 511 g/mol. The molecule has 202 valence electrons. The van der Waals surface area contributed by atoms with Gasteiger partial charge in [0.25, 0.3) is 5.91 Å². The molecule has 0 aromatic carbocycles. The Morgan fingerprint density at radius 3 is 2.36 bits per heavy atom. The van der Waals surface area contributed by atoms with Gasteiger partial charge in [-0.25, -0.2) is 4.98 Å². The topological polar surface area (TPSA) is 112 Å². The highest BCUT2D eigenvalue weighted by molar-refractivity contribution is 7.11. The van der Waals surface area contributed by atoms with Crippen LogP contribution in [0, 0.1) is 5.41 Å². The van der Waals surface area contributed by atoms with Gasteiger partial charge in [-0.05, 0) is 53.4 Å². The highest BCUT2D eigenvalue weighted by atomic mass is 32.1. The highest BCUT2D eigenvalue weighted by Gasteiger charge is 2.60. The Morgan fingerprint density at radius 2 is 1.81 bits per heavy atom. The zero-order valence-corrected chi connectivity index (χ0v) is 21.0. The monoisotopic (exact) mass is 540 g/mol. The third-order valence-corrected chi connectivity index (χ3v) is 7.46. The molecule has 0 spiro atoms. The maximum atomic E-state index is 13.5. The Bertz CT molecular complexity index is 1020. The summed E-state index contributed by atoms with van der Waals surface area (Å²) in [5.74, 6) is -7.85. The Kier molecular flexibility index (Phi) is 7.45. The van der Waals surface area contributed by atoms with E-state index in [9.17, 15) is 41.4 Å². The molecule has 0 bridgehead atoms. The van der Waals surface area contributed by atoms with Crippen molar-refractivity contribution in [1.82, 2.24) is 20.5 Å². The molecule has 3 N–H and O–H groups in total. The molecule has 0 unspecified atom stereocenters. The van der Waals surface area contributed by atoms with Crippen LogP contribution < -0.4 is 10.6 Å². The number of carboxylic acid groups (broad SMARTS) is 1. The number of carboxylic acids is 1. The van der Waals surface area contributed by atoms with E-state index in [-0.39, 0.29) is 24.5 Å². The molecule has 4 atom stereocenters. The van der Waals surface area contributed by atoms with Crippen molar-refractivity contribution in [2.45, 2.75) is 89.1 Å². The first-order valence-corrected chi connectivity index (χ1v) is 12.3. The van der Waals surface area contributed by atoms with Crippen LogP contribution >= 0.6 is 11.3 Å². The molecule has 1 aromatic rings. The molecule has 8 nitrogen and oxygen atoms in total. The van der Waals surface area contributed by atoms with E-state index in [1.54, 1.807) is 6.92 Å². The number of thiazole rings is 1. The fourth-order valence-corrected chi connectivity index (χ4v) is 5.67. The lowest BCUT2D eigenvalue weighted by molar-refractivity contribution is -0.290. The lowest BCUT2D eigenvalue weighted by Gasteiger charge is -2.47. The second-order valence-corrected chi connectivity index (χ2v) is 11.4. The summed E-state index contributed by atoms with van der Waals surface area (Å²) in [5, 5.41) is 15.6. The van der Waals surface area contributed by atoms with Crippen LogP contribution in [-0.2, 0) is 15.5 Å². The van der Waals surface area contributed by atoms with Crippen molar-refractivity contribution >= 4 is 29.1 Å². The number of carbonyl (C=O) groups excluding carboxylic acids is 2. The van der Waals surface area contributed by atoms with Crippen molar-refractivity contribution < 1.29 is 41.4 Å². The predicted octanol–water partition coefficient (Wildman–Crippen LogP) is 3.53. The summed E-state index contributed by atoms with van der Waals surface area (Å²) >= 11 is 0.310. The first-order chi connectivity index (χ1) is 16.4. The summed E-state index contributed by atoms with van der Waals surface area (Å²) in [6.45, 7) is 7.69. The molecule has 2 amide bonds. The standard InChI is InChI=1S/C22H29F5N4O4S/c1-19(2,3)30-11-5-6-14(20(4,9-11)18(34)35)31-8-7-12(17(31)33)28-15(32)16-29-13(10-36-16)21(23,24)22(25,26)27/h10-12,14,30H,5-9H2,1-4H3,(H,28,32)(H,34,35)/t11-,12+,14+,20-/m1/s1. The number of carbonyl (C=O) groups is 3. The van der Waals surface area contributed by atoms with Crippen LogP contribution in [-0.4, -0.2) is 69.2 Å². The number of amides is 2. The number of likely N-dealkylation sites (tertiary alicyclic amines) is 1. The van der Waals surface area contributed by atoms with E-state index in [0.717, 1.165) is 0 Å². The van der Waals surface area contributed by atoms with Gasteiger partial charge in [0.1, 0.15) is 11.7 Å². The lowest BCUT2D eigenvalue weighted by Crippen LogP contribution is -2.59. The third kappa shape index (κ3) is 5.48. The Labute approximate surface area is 208 Å². The average Bonchev–Trinajstić information content (AvgIpc) is 3.35. The highest BCUT2D eigenvalue weighted by Crippen LogP contribution is 2.44. The van der Waals surface area contributed by atoms with Crippen molar-refractivity contribution in [2.24, 2.45) is 5.41 Å².